The number of nitrogens with two attached hydrogens (primary N) is 1. The van der Waals surface area contributed by atoms with Crippen molar-refractivity contribution in [1.29, 1.82) is 5.26 Å². The second kappa shape index (κ2) is 8.86. The van der Waals surface area contributed by atoms with Gasteiger partial charge in [0.05, 0.1) is 22.7 Å². The summed E-state index contributed by atoms with van der Waals surface area (Å²) in [6.45, 7) is 0.365. The minimum atomic E-state index is -0.935. The minimum Gasteiger partial charge on any atom is -0.380 e. The molecule has 0 fully saturated rings. The Bertz CT molecular complexity index is 1210. The van der Waals surface area contributed by atoms with E-state index in [-0.39, 0.29) is 5.69 Å². The fourth-order valence-electron chi connectivity index (χ4n) is 2.80. The molecule has 9 nitrogen and oxygen atoms in total. The first-order valence-corrected chi connectivity index (χ1v) is 8.97. The Morgan fingerprint density at radius 2 is 2.17 bits per heavy atom. The molecule has 1 aromatic carbocycles. The molecule has 2 amide bonds. The number of aromatic nitrogens is 3. The minimum absolute atomic E-state index is 0.0721. The van der Waals surface area contributed by atoms with Crippen molar-refractivity contribution < 1.29 is 14.7 Å². The van der Waals surface area contributed by atoms with E-state index in [1.807, 2.05) is 0 Å². The number of nitrogens with zero attached hydrogens (tertiary/aromatic N) is 5. The molecule has 0 aliphatic carbocycles. The van der Waals surface area contributed by atoms with Crippen LogP contribution in [0.3, 0.4) is 0 Å². The smallest absolute Gasteiger partial charge is 0.269 e. The highest BCUT2D eigenvalue weighted by Crippen LogP contribution is 2.21. The molecule has 2 aromatic heterocycles. The second-order valence-corrected chi connectivity index (χ2v) is 6.54. The van der Waals surface area contributed by atoms with Crippen LogP contribution < -0.4 is 5.73 Å². The Morgan fingerprint density at radius 3 is 2.87 bits per heavy atom. The number of carbonyl (C=O) groups excluding carboxylic acids is 2. The largest absolute Gasteiger partial charge is 0.380 e. The summed E-state index contributed by atoms with van der Waals surface area (Å²) in [5.74, 6) is 4.85. The van der Waals surface area contributed by atoms with E-state index in [4.69, 9.17) is 5.73 Å². The van der Waals surface area contributed by atoms with Gasteiger partial charge in [-0.3, -0.25) is 9.59 Å². The average Bonchev–Trinajstić information content (AvgIpc) is 3.15. The first kappa shape index (κ1) is 20.5. The van der Waals surface area contributed by atoms with Crippen LogP contribution in [0.15, 0.2) is 36.5 Å². The molecule has 9 heteroatoms. The van der Waals surface area contributed by atoms with Crippen LogP contribution in [0.2, 0.25) is 0 Å². The molecule has 150 valence electrons. The number of pyridine rings is 1. The number of aliphatic hydroxyl groups is 1. The maximum absolute atomic E-state index is 11.7. The van der Waals surface area contributed by atoms with Gasteiger partial charge in [-0.1, -0.05) is 11.8 Å². The number of hydrogen-bond acceptors (Lipinski definition) is 6. The molecule has 3 rings (SSSR count). The van der Waals surface area contributed by atoms with Crippen LogP contribution in [0.4, 0.5) is 0 Å². The number of aliphatic hydroxyl groups excluding tert-OH is 1. The third kappa shape index (κ3) is 4.43. The number of nitriles is 1. The second-order valence-electron chi connectivity index (χ2n) is 6.54. The molecule has 0 radical (unpaired) electrons. The van der Waals surface area contributed by atoms with E-state index in [1.54, 1.807) is 43.6 Å². The van der Waals surface area contributed by atoms with Crippen LogP contribution >= 0.6 is 0 Å². The molecule has 0 unspecified atom stereocenters. The molecule has 0 saturated carbocycles. The van der Waals surface area contributed by atoms with Crippen LogP contribution in [0.5, 0.6) is 0 Å². The summed E-state index contributed by atoms with van der Waals surface area (Å²) in [6.07, 6.45) is 1.59. The van der Waals surface area contributed by atoms with Crippen LogP contribution in [-0.2, 0) is 4.79 Å². The van der Waals surface area contributed by atoms with E-state index < -0.39 is 12.0 Å². The molecular weight excluding hydrogens is 384 g/mol. The number of amides is 2. The van der Waals surface area contributed by atoms with Crippen LogP contribution in [0, 0.1) is 23.2 Å². The maximum atomic E-state index is 11.7. The SMILES string of the molecule is CN(C=O)CC[C@@H](O)C#Cc1cc(C#N)cc(-n2nc(C(N)=O)c3cccnc32)c1. The Balaban J connectivity index is 2.00. The molecule has 0 bridgehead atoms. The zero-order valence-corrected chi connectivity index (χ0v) is 16.1. The molecule has 0 aliphatic heterocycles. The van der Waals surface area contributed by atoms with Gasteiger partial charge in [0.2, 0.25) is 6.41 Å². The van der Waals surface area contributed by atoms with Gasteiger partial charge < -0.3 is 15.7 Å². The monoisotopic (exact) mass is 402 g/mol. The summed E-state index contributed by atoms with van der Waals surface area (Å²) in [5.41, 5.74) is 7.20. The van der Waals surface area contributed by atoms with Crippen molar-refractivity contribution in [2.24, 2.45) is 5.73 Å². The molecule has 0 saturated heterocycles. The average molecular weight is 402 g/mol. The number of hydrogen-bond donors (Lipinski definition) is 2. The van der Waals surface area contributed by atoms with Crippen LogP contribution in [-0.4, -0.2) is 56.8 Å². The van der Waals surface area contributed by atoms with Gasteiger partial charge in [-0.05, 0) is 30.3 Å². The molecule has 0 aliphatic rings. The number of rotatable bonds is 6. The standard InChI is InChI=1S/C21H18N6O3/c1-26(13-28)8-6-17(29)5-4-14-9-15(12-22)11-16(10-14)27-21-18(3-2-7-24-21)19(25-27)20(23)30/h2-3,7,9-11,13,17,29H,6,8H2,1H3,(H2,23,30)/t17-/m0/s1. The van der Waals surface area contributed by atoms with Crippen LogP contribution in [0.25, 0.3) is 16.7 Å². The van der Waals surface area contributed by atoms with E-state index in [0.29, 0.717) is 47.2 Å². The lowest BCUT2D eigenvalue weighted by molar-refractivity contribution is -0.117. The highest BCUT2D eigenvalue weighted by atomic mass is 16.3. The van der Waals surface area contributed by atoms with E-state index in [2.05, 4.69) is 28.0 Å². The Labute approximate surface area is 172 Å². The van der Waals surface area contributed by atoms with Crippen molar-refractivity contribution in [3.8, 4) is 23.6 Å². The van der Waals surface area contributed by atoms with E-state index in [0.717, 1.165) is 0 Å². The third-order valence-electron chi connectivity index (χ3n) is 4.29. The lowest BCUT2D eigenvalue weighted by Crippen LogP contribution is -2.21. The summed E-state index contributed by atoms with van der Waals surface area (Å²) < 4.78 is 1.43. The van der Waals surface area contributed by atoms with Crippen molar-refractivity contribution in [1.82, 2.24) is 19.7 Å². The topological polar surface area (TPSA) is 138 Å². The fourth-order valence-corrected chi connectivity index (χ4v) is 2.80. The van der Waals surface area contributed by atoms with Gasteiger partial charge in [-0.25, -0.2) is 9.67 Å². The van der Waals surface area contributed by atoms with Gasteiger partial charge in [-0.2, -0.15) is 10.4 Å². The van der Waals surface area contributed by atoms with E-state index >= 15 is 0 Å². The summed E-state index contributed by atoms with van der Waals surface area (Å²) in [7, 11) is 1.61. The number of fused-ring (bicyclic) bond motifs is 1. The molecule has 0 spiro atoms. The zero-order chi connectivity index (χ0) is 21.7. The van der Waals surface area contributed by atoms with Crippen molar-refractivity contribution in [3.05, 3.63) is 53.3 Å². The normalized spacial score (nSPS) is 11.2. The lowest BCUT2D eigenvalue weighted by Gasteiger charge is -2.10. The predicted molar refractivity (Wildman–Crippen MR) is 108 cm³/mol. The van der Waals surface area contributed by atoms with Crippen molar-refractivity contribution in [2.45, 2.75) is 12.5 Å². The van der Waals surface area contributed by atoms with Crippen molar-refractivity contribution in [2.75, 3.05) is 13.6 Å². The summed E-state index contributed by atoms with van der Waals surface area (Å²) in [4.78, 5) is 28.0. The van der Waals surface area contributed by atoms with Crippen LogP contribution in [0.1, 0.15) is 28.0 Å². The quantitative estimate of drug-likeness (QED) is 0.457. The van der Waals surface area contributed by atoms with Gasteiger partial charge in [0, 0.05) is 31.8 Å². The highest BCUT2D eigenvalue weighted by molar-refractivity contribution is 6.03. The Kier molecular flexibility index (Phi) is 6.06. The fraction of sp³-hybridized carbons (Fsp3) is 0.190. The van der Waals surface area contributed by atoms with Gasteiger partial charge in [0.15, 0.2) is 11.3 Å². The van der Waals surface area contributed by atoms with Crippen molar-refractivity contribution >= 4 is 23.4 Å². The molecule has 2 heterocycles. The lowest BCUT2D eigenvalue weighted by atomic mass is 10.1. The number of carbonyl (C=O) groups is 2. The zero-order valence-electron chi connectivity index (χ0n) is 16.1. The maximum Gasteiger partial charge on any atom is 0.269 e. The summed E-state index contributed by atoms with van der Waals surface area (Å²) in [5, 5.41) is 24.2. The molecule has 3 aromatic rings. The number of benzene rings is 1. The van der Waals surface area contributed by atoms with Gasteiger partial charge in [0.25, 0.3) is 5.91 Å². The Hall–Kier alpha value is -4.21. The molecule has 30 heavy (non-hydrogen) atoms. The first-order chi connectivity index (χ1) is 14.4. The summed E-state index contributed by atoms with van der Waals surface area (Å²) >= 11 is 0. The van der Waals surface area contributed by atoms with Crippen molar-refractivity contribution in [3.63, 3.8) is 0 Å². The van der Waals surface area contributed by atoms with Gasteiger partial charge in [0.1, 0.15) is 6.10 Å². The molecule has 3 N–H and O–H groups in total. The van der Waals surface area contributed by atoms with E-state index in [1.165, 1.54) is 9.58 Å². The molecule has 1 atom stereocenters. The molecular formula is C21H18N6O3. The first-order valence-electron chi connectivity index (χ1n) is 8.97. The third-order valence-corrected chi connectivity index (χ3v) is 4.29. The summed E-state index contributed by atoms with van der Waals surface area (Å²) in [6, 6.07) is 10.3. The van der Waals surface area contributed by atoms with Gasteiger partial charge in [-0.15, -0.1) is 0 Å². The Morgan fingerprint density at radius 1 is 1.40 bits per heavy atom. The van der Waals surface area contributed by atoms with Gasteiger partial charge >= 0.3 is 0 Å². The van der Waals surface area contributed by atoms with E-state index in [9.17, 15) is 20.0 Å². The number of primary amides is 1. The predicted octanol–water partition coefficient (Wildman–Crippen LogP) is 0.582. The highest BCUT2D eigenvalue weighted by Gasteiger charge is 2.17.